The Hall–Kier alpha value is -2.31. The molecule has 0 saturated heterocycles. The molecule has 0 spiro atoms. The number of anilines is 2. The van der Waals surface area contributed by atoms with Crippen molar-refractivity contribution in [2.24, 2.45) is 5.73 Å². The number of hydrogen-bond donors (Lipinski definition) is 3. The second kappa shape index (κ2) is 5.85. The normalized spacial score (nSPS) is 11.7. The number of ether oxygens (including phenoxy) is 1. The van der Waals surface area contributed by atoms with Crippen LogP contribution < -0.4 is 16.8 Å². The van der Waals surface area contributed by atoms with Crippen molar-refractivity contribution in [3.05, 3.63) is 17.8 Å². The first kappa shape index (κ1) is 13.8. The molecule has 0 bridgehead atoms. The maximum absolute atomic E-state index is 11.5. The average molecular weight is 252 g/mol. The summed E-state index contributed by atoms with van der Waals surface area (Å²) in [6.07, 6.45) is 1.54. The van der Waals surface area contributed by atoms with Crippen molar-refractivity contribution >= 4 is 23.4 Å². The molecule has 1 atom stereocenters. The Morgan fingerprint density at radius 3 is 2.78 bits per heavy atom. The van der Waals surface area contributed by atoms with E-state index in [1.54, 1.807) is 6.92 Å². The minimum atomic E-state index is -0.552. The zero-order valence-corrected chi connectivity index (χ0v) is 10.3. The molecule has 0 aliphatic heterocycles. The minimum Gasteiger partial charge on any atom is -0.465 e. The monoisotopic (exact) mass is 252 g/mol. The second-order valence-corrected chi connectivity index (χ2v) is 3.87. The Kier molecular flexibility index (Phi) is 4.47. The van der Waals surface area contributed by atoms with Gasteiger partial charge >= 0.3 is 5.97 Å². The number of nitrogens with one attached hydrogen (secondary N) is 1. The topological polar surface area (TPSA) is 120 Å². The molecule has 1 unspecified atom stereocenters. The summed E-state index contributed by atoms with van der Waals surface area (Å²) in [4.78, 5) is 26.3. The molecule has 0 radical (unpaired) electrons. The number of nitrogen functional groups attached to an aromatic ring is 1. The van der Waals surface area contributed by atoms with Gasteiger partial charge in [-0.05, 0) is 13.0 Å². The van der Waals surface area contributed by atoms with E-state index >= 15 is 0 Å². The van der Waals surface area contributed by atoms with E-state index in [1.807, 2.05) is 0 Å². The Morgan fingerprint density at radius 1 is 1.56 bits per heavy atom. The van der Waals surface area contributed by atoms with Gasteiger partial charge in [0.25, 0.3) is 0 Å². The van der Waals surface area contributed by atoms with E-state index in [0.717, 1.165) is 0 Å². The molecule has 5 N–H and O–H groups in total. The summed E-state index contributed by atoms with van der Waals surface area (Å²) < 4.78 is 4.63. The molecule has 0 saturated carbocycles. The number of carbonyl (C=O) groups is 2. The Labute approximate surface area is 105 Å². The number of primary amides is 1. The van der Waals surface area contributed by atoms with Crippen molar-refractivity contribution in [2.45, 2.75) is 19.4 Å². The second-order valence-electron chi connectivity index (χ2n) is 3.87. The highest BCUT2D eigenvalue weighted by Crippen LogP contribution is 2.17. The lowest BCUT2D eigenvalue weighted by Gasteiger charge is -2.15. The molecule has 1 amide bonds. The number of rotatable bonds is 5. The van der Waals surface area contributed by atoms with Crippen LogP contribution in [0.2, 0.25) is 0 Å². The van der Waals surface area contributed by atoms with E-state index in [1.165, 1.54) is 19.4 Å². The van der Waals surface area contributed by atoms with Crippen LogP contribution in [0.5, 0.6) is 0 Å². The van der Waals surface area contributed by atoms with Gasteiger partial charge in [-0.3, -0.25) is 4.79 Å². The highest BCUT2D eigenvalue weighted by Gasteiger charge is 2.16. The zero-order valence-electron chi connectivity index (χ0n) is 10.3. The molecule has 0 aliphatic rings. The number of carbonyl (C=O) groups excluding carboxylic acids is 2. The summed E-state index contributed by atoms with van der Waals surface area (Å²) in [5.74, 6) is -0.682. The van der Waals surface area contributed by atoms with Gasteiger partial charge in [0.1, 0.15) is 11.4 Å². The number of nitrogens with zero attached hydrogens (tertiary/aromatic N) is 1. The van der Waals surface area contributed by atoms with Crippen LogP contribution in [0.25, 0.3) is 0 Å². The molecule has 1 aromatic rings. The third-order valence-electron chi connectivity index (χ3n) is 2.20. The lowest BCUT2D eigenvalue weighted by atomic mass is 10.2. The van der Waals surface area contributed by atoms with E-state index in [-0.39, 0.29) is 18.0 Å². The minimum absolute atomic E-state index is 0.132. The maximum atomic E-state index is 11.5. The van der Waals surface area contributed by atoms with E-state index in [2.05, 4.69) is 15.0 Å². The van der Waals surface area contributed by atoms with Crippen LogP contribution in [0.1, 0.15) is 23.7 Å². The van der Waals surface area contributed by atoms with Gasteiger partial charge in [-0.25, -0.2) is 9.78 Å². The molecule has 1 aromatic heterocycles. The van der Waals surface area contributed by atoms with Crippen molar-refractivity contribution in [3.63, 3.8) is 0 Å². The quantitative estimate of drug-likeness (QED) is 0.640. The highest BCUT2D eigenvalue weighted by molar-refractivity contribution is 5.95. The number of pyridine rings is 1. The Bertz CT molecular complexity index is 462. The van der Waals surface area contributed by atoms with Crippen LogP contribution in [0, 0.1) is 0 Å². The fraction of sp³-hybridized carbons (Fsp3) is 0.364. The molecular formula is C11H16N4O3. The number of esters is 1. The average Bonchev–Trinajstić information content (AvgIpc) is 2.29. The number of amides is 1. The van der Waals surface area contributed by atoms with Gasteiger partial charge in [0, 0.05) is 12.5 Å². The lowest BCUT2D eigenvalue weighted by Crippen LogP contribution is -2.25. The van der Waals surface area contributed by atoms with E-state index in [4.69, 9.17) is 11.5 Å². The molecule has 1 heterocycles. The van der Waals surface area contributed by atoms with Crippen molar-refractivity contribution < 1.29 is 14.3 Å². The first-order valence-corrected chi connectivity index (χ1v) is 5.32. The smallest absolute Gasteiger partial charge is 0.341 e. The van der Waals surface area contributed by atoms with Crippen LogP contribution in [0.4, 0.5) is 11.5 Å². The van der Waals surface area contributed by atoms with E-state index < -0.39 is 11.9 Å². The molecule has 0 aromatic carbocycles. The summed E-state index contributed by atoms with van der Waals surface area (Å²) in [7, 11) is 1.27. The van der Waals surface area contributed by atoms with E-state index in [0.29, 0.717) is 11.5 Å². The summed E-state index contributed by atoms with van der Waals surface area (Å²) in [5, 5.41) is 2.92. The number of methoxy groups -OCH3 is 1. The molecule has 0 aliphatic carbocycles. The SMILES string of the molecule is COC(=O)c1cc(N)cnc1NC(C)CC(N)=O. The van der Waals surface area contributed by atoms with Gasteiger partial charge in [0.2, 0.25) is 5.91 Å². The van der Waals surface area contributed by atoms with Crippen molar-refractivity contribution in [1.29, 1.82) is 0 Å². The van der Waals surface area contributed by atoms with Crippen molar-refractivity contribution in [1.82, 2.24) is 4.98 Å². The van der Waals surface area contributed by atoms with Crippen LogP contribution >= 0.6 is 0 Å². The first-order valence-electron chi connectivity index (χ1n) is 5.32. The molecule has 7 heteroatoms. The standard InChI is InChI=1S/C11H16N4O3/c1-6(3-9(13)16)15-10-8(11(17)18-2)4-7(12)5-14-10/h4-6H,3,12H2,1-2H3,(H2,13,16)(H,14,15). The maximum Gasteiger partial charge on any atom is 0.341 e. The summed E-state index contributed by atoms with van der Waals surface area (Å²) in [5.41, 5.74) is 11.2. The van der Waals surface area contributed by atoms with Crippen molar-refractivity contribution in [3.8, 4) is 0 Å². The third kappa shape index (κ3) is 3.62. The number of nitrogens with two attached hydrogens (primary N) is 2. The largest absolute Gasteiger partial charge is 0.465 e. The zero-order chi connectivity index (χ0) is 13.7. The molecule has 18 heavy (non-hydrogen) atoms. The highest BCUT2D eigenvalue weighted by atomic mass is 16.5. The third-order valence-corrected chi connectivity index (χ3v) is 2.20. The Balaban J connectivity index is 2.94. The predicted octanol–water partition coefficient (Wildman–Crippen LogP) is 0.126. The van der Waals surface area contributed by atoms with Gasteiger partial charge in [0.05, 0.1) is 19.0 Å². The van der Waals surface area contributed by atoms with Gasteiger partial charge < -0.3 is 21.5 Å². The molecule has 0 fully saturated rings. The van der Waals surface area contributed by atoms with E-state index in [9.17, 15) is 9.59 Å². The molecule has 7 nitrogen and oxygen atoms in total. The summed E-state index contributed by atoms with van der Waals surface area (Å²) in [6, 6.07) is 1.21. The van der Waals surface area contributed by atoms with Crippen LogP contribution in [-0.2, 0) is 9.53 Å². The van der Waals surface area contributed by atoms with Crippen LogP contribution in [0.15, 0.2) is 12.3 Å². The van der Waals surface area contributed by atoms with Gasteiger partial charge in [-0.1, -0.05) is 0 Å². The van der Waals surface area contributed by atoms with Gasteiger partial charge in [-0.2, -0.15) is 0 Å². The fourth-order valence-electron chi connectivity index (χ4n) is 1.45. The molecule has 1 rings (SSSR count). The number of hydrogen-bond acceptors (Lipinski definition) is 6. The summed E-state index contributed by atoms with van der Waals surface area (Å²) in [6.45, 7) is 1.75. The molecule has 98 valence electrons. The van der Waals surface area contributed by atoms with Crippen LogP contribution in [-0.4, -0.2) is 30.0 Å². The van der Waals surface area contributed by atoms with Gasteiger partial charge in [-0.15, -0.1) is 0 Å². The van der Waals surface area contributed by atoms with Crippen LogP contribution in [0.3, 0.4) is 0 Å². The lowest BCUT2D eigenvalue weighted by molar-refractivity contribution is -0.118. The van der Waals surface area contributed by atoms with Crippen molar-refractivity contribution in [2.75, 3.05) is 18.2 Å². The fourth-order valence-corrected chi connectivity index (χ4v) is 1.45. The Morgan fingerprint density at radius 2 is 2.22 bits per heavy atom. The summed E-state index contributed by atoms with van der Waals surface area (Å²) >= 11 is 0. The first-order chi connectivity index (χ1) is 8.43. The predicted molar refractivity (Wildman–Crippen MR) is 66.9 cm³/mol. The molecular weight excluding hydrogens is 236 g/mol. The number of aromatic nitrogens is 1. The van der Waals surface area contributed by atoms with Gasteiger partial charge in [0.15, 0.2) is 0 Å².